The predicted octanol–water partition coefficient (Wildman–Crippen LogP) is 4.52. The second kappa shape index (κ2) is 12.9. The Morgan fingerprint density at radius 3 is 2.44 bits per heavy atom. The molecule has 0 aromatic heterocycles. The van der Waals surface area contributed by atoms with Gasteiger partial charge in [-0.15, -0.1) is 0 Å². The van der Waals surface area contributed by atoms with Gasteiger partial charge in [-0.25, -0.2) is 14.8 Å². The molecule has 0 radical (unpaired) electrons. The van der Waals surface area contributed by atoms with E-state index in [2.05, 4.69) is 5.32 Å². The molecule has 0 saturated carbocycles. The van der Waals surface area contributed by atoms with Crippen LogP contribution in [0.1, 0.15) is 44.2 Å². The Morgan fingerprint density at radius 2 is 1.77 bits per heavy atom. The zero-order valence-corrected chi connectivity index (χ0v) is 24.0. The van der Waals surface area contributed by atoms with Crippen LogP contribution in [0, 0.1) is 0 Å². The van der Waals surface area contributed by atoms with Crippen LogP contribution in [0.5, 0.6) is 5.75 Å². The first-order valence-electron chi connectivity index (χ1n) is 13.3. The summed E-state index contributed by atoms with van der Waals surface area (Å²) in [5.41, 5.74) is 1.74. The summed E-state index contributed by atoms with van der Waals surface area (Å²) in [6, 6.07) is 11.8. The van der Waals surface area contributed by atoms with Crippen molar-refractivity contribution < 1.29 is 19.1 Å². The molecule has 0 spiro atoms. The molecule has 2 aromatic carbocycles. The third kappa shape index (κ3) is 6.59. The number of fused-ring (bicyclic) bond motifs is 1. The number of ether oxygens (including phenoxy) is 1. The van der Waals surface area contributed by atoms with E-state index < -0.39 is 12.2 Å². The SMILES string of the molecule is CCCC[C@H]1C(=O)N(Cc2ccc(Cl)c(Cl)c2)C[C@H]2N1C(=O)CN(C)N2C(=O)NCc1ccc(OCC)cc1. The van der Waals surface area contributed by atoms with Gasteiger partial charge in [-0.3, -0.25) is 9.59 Å². The first-order chi connectivity index (χ1) is 18.7. The Balaban J connectivity index is 1.56. The number of halogens is 2. The number of hydrazine groups is 1. The molecule has 9 nitrogen and oxygen atoms in total. The average Bonchev–Trinajstić information content (AvgIpc) is 2.90. The Hall–Kier alpha value is -3.01. The van der Waals surface area contributed by atoms with Crippen LogP contribution in [-0.2, 0) is 22.7 Å². The lowest BCUT2D eigenvalue weighted by Gasteiger charge is -2.54. The van der Waals surface area contributed by atoms with E-state index in [-0.39, 0.29) is 30.9 Å². The number of unbranched alkanes of at least 4 members (excludes halogenated alkanes) is 1. The number of nitrogens with zero attached hydrogens (tertiary/aromatic N) is 4. The molecule has 0 unspecified atom stereocenters. The lowest BCUT2D eigenvalue weighted by molar-refractivity contribution is -0.188. The molecule has 2 heterocycles. The molecule has 1 N–H and O–H groups in total. The molecule has 11 heteroatoms. The maximum Gasteiger partial charge on any atom is 0.334 e. The Morgan fingerprint density at radius 1 is 1.05 bits per heavy atom. The van der Waals surface area contributed by atoms with E-state index in [0.717, 1.165) is 29.7 Å². The van der Waals surface area contributed by atoms with Crippen LogP contribution in [0.2, 0.25) is 10.0 Å². The van der Waals surface area contributed by atoms with Crippen LogP contribution >= 0.6 is 23.2 Å². The number of piperazine rings is 1. The number of nitrogens with one attached hydrogen (secondary N) is 1. The van der Waals surface area contributed by atoms with Gasteiger partial charge < -0.3 is 19.9 Å². The van der Waals surface area contributed by atoms with Crippen molar-refractivity contribution in [2.45, 2.75) is 58.4 Å². The van der Waals surface area contributed by atoms with E-state index in [0.29, 0.717) is 36.2 Å². The van der Waals surface area contributed by atoms with Crippen molar-refractivity contribution in [2.24, 2.45) is 0 Å². The Labute approximate surface area is 239 Å². The third-order valence-electron chi connectivity index (χ3n) is 7.01. The summed E-state index contributed by atoms with van der Waals surface area (Å²) >= 11 is 12.3. The van der Waals surface area contributed by atoms with Gasteiger partial charge in [-0.2, -0.15) is 0 Å². The second-order valence-corrected chi connectivity index (χ2v) is 10.6. The smallest absolute Gasteiger partial charge is 0.334 e. The predicted molar refractivity (Wildman–Crippen MR) is 150 cm³/mol. The van der Waals surface area contributed by atoms with E-state index in [9.17, 15) is 14.4 Å². The van der Waals surface area contributed by atoms with Gasteiger partial charge in [0.1, 0.15) is 18.0 Å². The summed E-state index contributed by atoms with van der Waals surface area (Å²) in [7, 11) is 1.71. The van der Waals surface area contributed by atoms with E-state index >= 15 is 0 Å². The number of hydrogen-bond acceptors (Lipinski definition) is 5. The molecular formula is C28H35Cl2N5O4. The van der Waals surface area contributed by atoms with Crippen molar-refractivity contribution in [1.82, 2.24) is 25.1 Å². The van der Waals surface area contributed by atoms with Crippen LogP contribution in [0.3, 0.4) is 0 Å². The van der Waals surface area contributed by atoms with Crippen LogP contribution in [0.4, 0.5) is 4.79 Å². The highest BCUT2D eigenvalue weighted by atomic mass is 35.5. The first kappa shape index (κ1) is 29.0. The maximum absolute atomic E-state index is 13.7. The molecule has 2 aromatic rings. The average molecular weight is 577 g/mol. The van der Waals surface area contributed by atoms with E-state index in [1.54, 1.807) is 39.0 Å². The summed E-state index contributed by atoms with van der Waals surface area (Å²) in [5, 5.41) is 7.01. The molecule has 4 rings (SSSR count). The summed E-state index contributed by atoms with van der Waals surface area (Å²) < 4.78 is 5.49. The molecule has 0 aliphatic carbocycles. The van der Waals surface area contributed by atoms with Crippen molar-refractivity contribution in [3.8, 4) is 5.75 Å². The number of carbonyl (C=O) groups excluding carboxylic acids is 3. The second-order valence-electron chi connectivity index (χ2n) is 9.80. The van der Waals surface area contributed by atoms with Gasteiger partial charge in [-0.1, -0.05) is 61.2 Å². The number of amides is 4. The number of rotatable bonds is 9. The summed E-state index contributed by atoms with van der Waals surface area (Å²) in [6.45, 7) is 5.34. The minimum atomic E-state index is -0.644. The van der Waals surface area contributed by atoms with Gasteiger partial charge in [0.05, 0.1) is 29.7 Å². The topological polar surface area (TPSA) is 85.4 Å². The highest BCUT2D eigenvalue weighted by molar-refractivity contribution is 6.42. The molecule has 39 heavy (non-hydrogen) atoms. The quantitative estimate of drug-likeness (QED) is 0.475. The lowest BCUT2D eigenvalue weighted by atomic mass is 10.0. The van der Waals surface area contributed by atoms with Crippen molar-refractivity contribution in [2.75, 3.05) is 26.7 Å². The summed E-state index contributed by atoms with van der Waals surface area (Å²) in [5.74, 6) is 0.477. The molecule has 0 bridgehead atoms. The van der Waals surface area contributed by atoms with Crippen molar-refractivity contribution >= 4 is 41.0 Å². The van der Waals surface area contributed by atoms with Gasteiger partial charge in [0, 0.05) is 20.1 Å². The summed E-state index contributed by atoms with van der Waals surface area (Å²) in [4.78, 5) is 43.8. The molecule has 2 saturated heterocycles. The number of urea groups is 1. The molecule has 2 aliphatic heterocycles. The Bertz CT molecular complexity index is 1190. The fraction of sp³-hybridized carbons (Fsp3) is 0.464. The highest BCUT2D eigenvalue weighted by Crippen LogP contribution is 2.30. The molecule has 2 aliphatic rings. The molecule has 210 valence electrons. The highest BCUT2D eigenvalue weighted by Gasteiger charge is 2.50. The standard InChI is InChI=1S/C28H35Cl2N5O4/c1-4-6-7-24-27(37)33(16-20-10-13-22(29)23(30)14-20)17-25-34(24)26(36)18-32(3)35(25)28(38)31-15-19-8-11-21(12-9-19)39-5-2/h8-14,24-25H,4-7,15-18H2,1-3H3,(H,31,38)/t24-,25-/m0/s1. The fourth-order valence-electron chi connectivity index (χ4n) is 5.11. The molecule has 2 fully saturated rings. The maximum atomic E-state index is 13.7. The summed E-state index contributed by atoms with van der Waals surface area (Å²) in [6.07, 6.45) is 1.56. The number of hydrogen-bond donors (Lipinski definition) is 1. The minimum absolute atomic E-state index is 0.00959. The van der Waals surface area contributed by atoms with Crippen molar-refractivity contribution in [3.63, 3.8) is 0 Å². The van der Waals surface area contributed by atoms with Gasteiger partial charge in [0.15, 0.2) is 0 Å². The van der Waals surface area contributed by atoms with Crippen LogP contribution in [-0.4, -0.2) is 76.6 Å². The van der Waals surface area contributed by atoms with Crippen LogP contribution in [0.25, 0.3) is 0 Å². The molecule has 2 atom stereocenters. The number of benzene rings is 2. The minimum Gasteiger partial charge on any atom is -0.494 e. The molecule has 4 amide bonds. The van der Waals surface area contributed by atoms with Crippen molar-refractivity contribution in [1.29, 1.82) is 0 Å². The van der Waals surface area contributed by atoms with Gasteiger partial charge >= 0.3 is 6.03 Å². The zero-order valence-electron chi connectivity index (χ0n) is 22.5. The fourth-order valence-corrected chi connectivity index (χ4v) is 5.43. The molecular weight excluding hydrogens is 541 g/mol. The lowest BCUT2D eigenvalue weighted by Crippen LogP contribution is -2.75. The largest absolute Gasteiger partial charge is 0.494 e. The van der Waals surface area contributed by atoms with Crippen LogP contribution in [0.15, 0.2) is 42.5 Å². The van der Waals surface area contributed by atoms with E-state index in [1.807, 2.05) is 44.2 Å². The van der Waals surface area contributed by atoms with E-state index in [1.165, 1.54) is 0 Å². The monoisotopic (exact) mass is 575 g/mol. The Kier molecular flexibility index (Phi) is 9.58. The van der Waals surface area contributed by atoms with Crippen molar-refractivity contribution in [3.05, 3.63) is 63.6 Å². The van der Waals surface area contributed by atoms with E-state index in [4.69, 9.17) is 27.9 Å². The normalized spacial score (nSPS) is 19.8. The zero-order chi connectivity index (χ0) is 28.1. The van der Waals surface area contributed by atoms with Gasteiger partial charge in [-0.05, 0) is 48.7 Å². The number of carbonyl (C=O) groups is 3. The third-order valence-corrected chi connectivity index (χ3v) is 7.75. The van der Waals surface area contributed by atoms with Gasteiger partial charge in [0.25, 0.3) is 0 Å². The first-order valence-corrected chi connectivity index (χ1v) is 14.0. The van der Waals surface area contributed by atoms with Crippen LogP contribution < -0.4 is 10.1 Å². The van der Waals surface area contributed by atoms with Gasteiger partial charge in [0.2, 0.25) is 11.8 Å². The number of likely N-dealkylation sites (N-methyl/N-ethyl adjacent to an activating group) is 1.